The minimum atomic E-state index is -0.884. The molecule has 1 aliphatic rings. The number of anilines is 1. The van der Waals surface area contributed by atoms with Crippen molar-refractivity contribution >= 4 is 22.7 Å². The van der Waals surface area contributed by atoms with Crippen LogP contribution in [0.4, 0.5) is 10.5 Å². The number of rotatable bonds is 2. The van der Waals surface area contributed by atoms with Gasteiger partial charge in [0.15, 0.2) is 0 Å². The Labute approximate surface area is 121 Å². The lowest BCUT2D eigenvalue weighted by Gasteiger charge is -2.16. The number of pyridine rings is 1. The molecule has 0 aliphatic carbocycles. The maximum absolute atomic E-state index is 10.9. The molecule has 6 nitrogen and oxygen atoms in total. The molecular weight excluding hydrogens is 268 g/mol. The van der Waals surface area contributed by atoms with Crippen LogP contribution in [0.2, 0.25) is 0 Å². The highest BCUT2D eigenvalue weighted by Crippen LogP contribution is 2.25. The Morgan fingerprint density at radius 1 is 1.52 bits per heavy atom. The van der Waals surface area contributed by atoms with Gasteiger partial charge in [0.2, 0.25) is 0 Å². The van der Waals surface area contributed by atoms with Crippen molar-refractivity contribution in [1.29, 1.82) is 5.26 Å². The normalized spacial score (nSPS) is 17.7. The summed E-state index contributed by atoms with van der Waals surface area (Å²) in [5.74, 6) is 0. The van der Waals surface area contributed by atoms with E-state index in [0.717, 1.165) is 23.0 Å². The second-order valence-corrected chi connectivity index (χ2v) is 5.07. The molecule has 0 saturated carbocycles. The average molecular weight is 282 g/mol. The molecular formula is C15H14N4O2. The fourth-order valence-corrected chi connectivity index (χ4v) is 2.61. The average Bonchev–Trinajstić information content (AvgIpc) is 2.96. The summed E-state index contributed by atoms with van der Waals surface area (Å²) in [6.07, 6.45) is 1.44. The number of carbonyl (C=O) groups is 1. The number of benzene rings is 1. The third kappa shape index (κ3) is 2.58. The largest absolute Gasteiger partial charge is 0.465 e. The molecule has 2 heterocycles. The lowest BCUT2D eigenvalue weighted by atomic mass is 10.1. The van der Waals surface area contributed by atoms with Crippen LogP contribution in [0.25, 0.3) is 10.9 Å². The molecule has 21 heavy (non-hydrogen) atoms. The maximum Gasteiger partial charge on any atom is 0.407 e. The Kier molecular flexibility index (Phi) is 3.32. The van der Waals surface area contributed by atoms with Gasteiger partial charge in [-0.15, -0.1) is 0 Å². The molecule has 1 aromatic carbocycles. The Morgan fingerprint density at radius 3 is 3.10 bits per heavy atom. The number of fused-ring (bicyclic) bond motifs is 1. The third-order valence-electron chi connectivity index (χ3n) is 3.67. The number of hydrogen-bond acceptors (Lipinski definition) is 4. The van der Waals surface area contributed by atoms with E-state index in [2.05, 4.69) is 16.4 Å². The van der Waals surface area contributed by atoms with Crippen LogP contribution in [0.3, 0.4) is 0 Å². The SMILES string of the molecule is N#Cc1cnc2cccc(NC3CCN(C(=O)O)C3)c2c1. The van der Waals surface area contributed by atoms with Gasteiger partial charge in [-0.25, -0.2) is 4.79 Å². The van der Waals surface area contributed by atoms with Crippen LogP contribution in [0.5, 0.6) is 0 Å². The Balaban J connectivity index is 1.87. The molecule has 3 rings (SSSR count). The van der Waals surface area contributed by atoms with Crippen molar-refractivity contribution in [2.75, 3.05) is 18.4 Å². The predicted molar refractivity (Wildman–Crippen MR) is 78.1 cm³/mol. The summed E-state index contributed by atoms with van der Waals surface area (Å²) in [5, 5.41) is 22.2. The number of carboxylic acid groups (broad SMARTS) is 1. The van der Waals surface area contributed by atoms with Gasteiger partial charge in [0.1, 0.15) is 6.07 Å². The first-order valence-corrected chi connectivity index (χ1v) is 6.70. The summed E-state index contributed by atoms with van der Waals surface area (Å²) >= 11 is 0. The Bertz CT molecular complexity index is 738. The topological polar surface area (TPSA) is 89.3 Å². The molecule has 1 aromatic heterocycles. The van der Waals surface area contributed by atoms with Crippen molar-refractivity contribution in [3.8, 4) is 6.07 Å². The van der Waals surface area contributed by atoms with Gasteiger partial charge < -0.3 is 15.3 Å². The van der Waals surface area contributed by atoms with Gasteiger partial charge in [-0.1, -0.05) is 6.07 Å². The second-order valence-electron chi connectivity index (χ2n) is 5.07. The van der Waals surface area contributed by atoms with Crippen LogP contribution in [0.15, 0.2) is 30.5 Å². The summed E-state index contributed by atoms with van der Waals surface area (Å²) < 4.78 is 0. The van der Waals surface area contributed by atoms with Crippen LogP contribution >= 0.6 is 0 Å². The number of aromatic nitrogens is 1. The van der Waals surface area contributed by atoms with Crippen molar-refractivity contribution in [3.63, 3.8) is 0 Å². The summed E-state index contributed by atoms with van der Waals surface area (Å²) in [6, 6.07) is 9.68. The number of likely N-dealkylation sites (tertiary alicyclic amines) is 1. The quantitative estimate of drug-likeness (QED) is 0.882. The van der Waals surface area contributed by atoms with Gasteiger partial charge in [-0.05, 0) is 24.6 Å². The first kappa shape index (κ1) is 13.2. The highest BCUT2D eigenvalue weighted by Gasteiger charge is 2.25. The summed E-state index contributed by atoms with van der Waals surface area (Å²) in [4.78, 5) is 16.6. The molecule has 1 unspecified atom stereocenters. The maximum atomic E-state index is 10.9. The van der Waals surface area contributed by atoms with Gasteiger partial charge >= 0.3 is 6.09 Å². The second kappa shape index (κ2) is 5.29. The molecule has 2 aromatic rings. The highest BCUT2D eigenvalue weighted by molar-refractivity contribution is 5.92. The van der Waals surface area contributed by atoms with Gasteiger partial charge in [0, 0.05) is 36.4 Å². The Hall–Kier alpha value is -2.81. The standard InChI is InChI=1S/C15H14N4O2/c16-7-10-6-12-13(17-8-10)2-1-3-14(12)18-11-4-5-19(9-11)15(20)21/h1-3,6,8,11,18H,4-5,9H2,(H,20,21). The minimum absolute atomic E-state index is 0.0810. The van der Waals surface area contributed by atoms with Crippen LogP contribution in [-0.4, -0.2) is 40.2 Å². The van der Waals surface area contributed by atoms with E-state index in [0.29, 0.717) is 18.7 Å². The minimum Gasteiger partial charge on any atom is -0.465 e. The van der Waals surface area contributed by atoms with Gasteiger partial charge in [-0.2, -0.15) is 5.26 Å². The van der Waals surface area contributed by atoms with Crippen LogP contribution in [-0.2, 0) is 0 Å². The fraction of sp³-hybridized carbons (Fsp3) is 0.267. The van der Waals surface area contributed by atoms with Crippen molar-refractivity contribution in [2.45, 2.75) is 12.5 Å². The molecule has 1 amide bonds. The number of nitriles is 1. The van der Waals surface area contributed by atoms with Gasteiger partial charge in [0.05, 0.1) is 11.1 Å². The van der Waals surface area contributed by atoms with E-state index in [4.69, 9.17) is 10.4 Å². The van der Waals surface area contributed by atoms with E-state index in [1.807, 2.05) is 18.2 Å². The molecule has 0 radical (unpaired) electrons. The number of amides is 1. The lowest BCUT2D eigenvalue weighted by Crippen LogP contribution is -2.30. The van der Waals surface area contributed by atoms with Crippen molar-refractivity contribution in [2.24, 2.45) is 0 Å². The van der Waals surface area contributed by atoms with E-state index in [-0.39, 0.29) is 6.04 Å². The third-order valence-corrected chi connectivity index (χ3v) is 3.67. The summed E-state index contributed by atoms with van der Waals surface area (Å²) in [5.41, 5.74) is 2.21. The van der Waals surface area contributed by atoms with E-state index >= 15 is 0 Å². The summed E-state index contributed by atoms with van der Waals surface area (Å²) in [7, 11) is 0. The van der Waals surface area contributed by atoms with Crippen LogP contribution in [0.1, 0.15) is 12.0 Å². The zero-order valence-corrected chi connectivity index (χ0v) is 11.3. The van der Waals surface area contributed by atoms with E-state index in [1.165, 1.54) is 4.90 Å². The fourth-order valence-electron chi connectivity index (χ4n) is 2.61. The molecule has 0 bridgehead atoms. The molecule has 6 heteroatoms. The van der Waals surface area contributed by atoms with Crippen molar-refractivity contribution in [1.82, 2.24) is 9.88 Å². The molecule has 106 valence electrons. The zero-order valence-electron chi connectivity index (χ0n) is 11.3. The first-order valence-electron chi connectivity index (χ1n) is 6.70. The molecule has 1 atom stereocenters. The molecule has 1 aliphatic heterocycles. The lowest BCUT2D eigenvalue weighted by molar-refractivity contribution is 0.155. The number of nitrogens with one attached hydrogen (secondary N) is 1. The molecule has 0 spiro atoms. The number of nitrogens with zero attached hydrogens (tertiary/aromatic N) is 3. The van der Waals surface area contributed by atoms with E-state index < -0.39 is 6.09 Å². The van der Waals surface area contributed by atoms with Crippen LogP contribution in [0, 0.1) is 11.3 Å². The summed E-state index contributed by atoms with van der Waals surface area (Å²) in [6.45, 7) is 1.01. The van der Waals surface area contributed by atoms with E-state index in [9.17, 15) is 4.79 Å². The van der Waals surface area contributed by atoms with E-state index in [1.54, 1.807) is 12.3 Å². The smallest absolute Gasteiger partial charge is 0.407 e. The monoisotopic (exact) mass is 282 g/mol. The zero-order chi connectivity index (χ0) is 14.8. The van der Waals surface area contributed by atoms with Crippen LogP contribution < -0.4 is 5.32 Å². The predicted octanol–water partition coefficient (Wildman–Crippen LogP) is 2.27. The molecule has 1 saturated heterocycles. The molecule has 2 N–H and O–H groups in total. The van der Waals surface area contributed by atoms with Gasteiger partial charge in [-0.3, -0.25) is 4.98 Å². The molecule has 1 fully saturated rings. The highest BCUT2D eigenvalue weighted by atomic mass is 16.4. The van der Waals surface area contributed by atoms with Crippen molar-refractivity contribution < 1.29 is 9.90 Å². The Morgan fingerprint density at radius 2 is 2.38 bits per heavy atom. The number of hydrogen-bond donors (Lipinski definition) is 2. The van der Waals surface area contributed by atoms with Gasteiger partial charge in [0.25, 0.3) is 0 Å². The van der Waals surface area contributed by atoms with Crippen molar-refractivity contribution in [3.05, 3.63) is 36.0 Å². The first-order chi connectivity index (χ1) is 10.2.